The fourth-order valence-electron chi connectivity index (χ4n) is 4.14. The molecule has 1 aliphatic rings. The second-order valence-corrected chi connectivity index (χ2v) is 10.2. The summed E-state index contributed by atoms with van der Waals surface area (Å²) in [4.78, 5) is 16.2. The summed E-state index contributed by atoms with van der Waals surface area (Å²) in [5.74, 6) is -1.29. The number of pyridine rings is 1. The highest BCUT2D eigenvalue weighted by molar-refractivity contribution is 8.01. The highest BCUT2D eigenvalue weighted by Gasteiger charge is 2.26. The molecule has 2 unspecified atom stereocenters. The van der Waals surface area contributed by atoms with Crippen LogP contribution in [0.5, 0.6) is 0 Å². The molecule has 3 nitrogen and oxygen atoms in total. The molecule has 6 heteroatoms. The fourth-order valence-corrected chi connectivity index (χ4v) is 5.54. The van der Waals surface area contributed by atoms with E-state index in [2.05, 4.69) is 41.4 Å². The summed E-state index contributed by atoms with van der Waals surface area (Å²) in [6.45, 7) is 1.72. The smallest absolute Gasteiger partial charge is 0.316 e. The van der Waals surface area contributed by atoms with Gasteiger partial charge in [0.15, 0.2) is 0 Å². The summed E-state index contributed by atoms with van der Waals surface area (Å²) in [6.07, 6.45) is 8.05. The maximum absolute atomic E-state index is 13.7. The molecular weight excluding hydrogens is 481 g/mol. The minimum Gasteiger partial charge on any atom is -0.480 e. The molecule has 35 heavy (non-hydrogen) atoms. The van der Waals surface area contributed by atoms with Crippen LogP contribution in [-0.2, 0) is 4.79 Å². The van der Waals surface area contributed by atoms with E-state index in [1.165, 1.54) is 23.9 Å². The molecule has 4 aromatic rings. The van der Waals surface area contributed by atoms with E-state index in [9.17, 15) is 14.3 Å². The zero-order valence-corrected chi connectivity index (χ0v) is 20.4. The van der Waals surface area contributed by atoms with Gasteiger partial charge in [-0.05, 0) is 65.1 Å². The van der Waals surface area contributed by atoms with E-state index >= 15 is 0 Å². The van der Waals surface area contributed by atoms with Crippen LogP contribution in [-0.4, -0.2) is 21.3 Å². The molecule has 2 atom stereocenters. The number of rotatable bonds is 5. The number of thioether (sulfide) groups is 1. The van der Waals surface area contributed by atoms with E-state index in [1.54, 1.807) is 6.92 Å². The first kappa shape index (κ1) is 23.3. The van der Waals surface area contributed by atoms with Crippen LogP contribution in [0.1, 0.15) is 45.7 Å². The molecule has 0 bridgehead atoms. The number of halogens is 2. The lowest BCUT2D eigenvalue weighted by Gasteiger charge is -2.22. The highest BCUT2D eigenvalue weighted by atomic mass is 35.5. The lowest BCUT2D eigenvalue weighted by atomic mass is 9.97. The number of aliphatic carboxylic acids is 1. The summed E-state index contributed by atoms with van der Waals surface area (Å²) in [5, 5.41) is 9.62. The van der Waals surface area contributed by atoms with Crippen LogP contribution in [0.25, 0.3) is 35.2 Å². The molecule has 0 amide bonds. The Morgan fingerprint density at radius 3 is 2.60 bits per heavy atom. The van der Waals surface area contributed by atoms with Crippen LogP contribution in [0.3, 0.4) is 0 Å². The zero-order valence-electron chi connectivity index (χ0n) is 18.8. The maximum Gasteiger partial charge on any atom is 0.316 e. The van der Waals surface area contributed by atoms with E-state index in [4.69, 9.17) is 11.6 Å². The van der Waals surface area contributed by atoms with E-state index in [1.807, 2.05) is 42.5 Å². The van der Waals surface area contributed by atoms with Crippen molar-refractivity contribution in [2.24, 2.45) is 0 Å². The molecule has 0 spiro atoms. The van der Waals surface area contributed by atoms with Crippen LogP contribution in [0.15, 0.2) is 66.7 Å². The Balaban J connectivity index is 1.52. The van der Waals surface area contributed by atoms with Crippen LogP contribution in [0, 0.1) is 5.82 Å². The molecule has 1 N–H and O–H groups in total. The monoisotopic (exact) mass is 501 g/mol. The average molecular weight is 502 g/mol. The van der Waals surface area contributed by atoms with Gasteiger partial charge in [-0.15, -0.1) is 11.8 Å². The Labute approximate surface area is 212 Å². The Morgan fingerprint density at radius 1 is 1.03 bits per heavy atom. The third-order valence-electron chi connectivity index (χ3n) is 6.00. The van der Waals surface area contributed by atoms with Gasteiger partial charge in [-0.25, -0.2) is 9.37 Å². The number of benzene rings is 3. The Bertz CT molecular complexity index is 1510. The Morgan fingerprint density at radius 2 is 1.80 bits per heavy atom. The van der Waals surface area contributed by atoms with Crippen LogP contribution in [0.4, 0.5) is 4.39 Å². The predicted octanol–water partition coefficient (Wildman–Crippen LogP) is 7.98. The lowest BCUT2D eigenvalue weighted by Crippen LogP contribution is -2.15. The third-order valence-corrected chi connectivity index (χ3v) is 7.68. The van der Waals surface area contributed by atoms with Crippen molar-refractivity contribution in [1.29, 1.82) is 0 Å². The number of nitrogens with zero attached hydrogens (tertiary/aromatic N) is 1. The number of hydrogen-bond donors (Lipinski definition) is 1. The van der Waals surface area contributed by atoms with Gasteiger partial charge in [0.05, 0.1) is 21.5 Å². The quantitative estimate of drug-likeness (QED) is 0.301. The largest absolute Gasteiger partial charge is 0.480 e. The van der Waals surface area contributed by atoms with Crippen molar-refractivity contribution in [3.8, 4) is 0 Å². The molecule has 0 fully saturated rings. The van der Waals surface area contributed by atoms with Crippen molar-refractivity contribution in [2.75, 3.05) is 0 Å². The number of aromatic nitrogens is 1. The van der Waals surface area contributed by atoms with Gasteiger partial charge in [0.2, 0.25) is 0 Å². The van der Waals surface area contributed by atoms with Crippen molar-refractivity contribution in [1.82, 2.24) is 4.98 Å². The first-order valence-corrected chi connectivity index (χ1v) is 12.4. The molecule has 1 aromatic heterocycles. The summed E-state index contributed by atoms with van der Waals surface area (Å²) < 4.78 is 13.7. The molecule has 0 radical (unpaired) electrons. The molecule has 174 valence electrons. The van der Waals surface area contributed by atoms with Gasteiger partial charge >= 0.3 is 5.97 Å². The second-order valence-electron chi connectivity index (χ2n) is 8.38. The molecule has 0 aliphatic heterocycles. The molecular formula is C29H21ClFNO2S. The number of carboxylic acids is 1. The third kappa shape index (κ3) is 4.88. The predicted molar refractivity (Wildman–Crippen MR) is 144 cm³/mol. The summed E-state index contributed by atoms with van der Waals surface area (Å²) in [6, 6.07) is 20.9. The molecule has 5 rings (SSSR count). The van der Waals surface area contributed by atoms with Crippen molar-refractivity contribution >= 4 is 64.5 Å². The average Bonchev–Trinajstić information content (AvgIpc) is 3.00. The number of carbonyl (C=O) groups is 1. The first-order chi connectivity index (χ1) is 16.9. The molecule has 0 saturated heterocycles. The molecule has 1 aliphatic carbocycles. The topological polar surface area (TPSA) is 50.2 Å². The SMILES string of the molecule is CC(SC1c2ccccc2C=Cc2ccc(/C=C/c3ccc4cc(F)c(Cl)cc4n3)cc21)C(=O)O. The minimum atomic E-state index is -0.829. The normalized spacial score (nSPS) is 15.6. The summed E-state index contributed by atoms with van der Waals surface area (Å²) in [7, 11) is 0. The zero-order chi connectivity index (χ0) is 24.5. The second kappa shape index (κ2) is 9.68. The van der Waals surface area contributed by atoms with Gasteiger partial charge in [0, 0.05) is 5.39 Å². The van der Waals surface area contributed by atoms with E-state index in [0.29, 0.717) is 10.9 Å². The summed E-state index contributed by atoms with van der Waals surface area (Å²) >= 11 is 7.36. The van der Waals surface area contributed by atoms with Crippen LogP contribution in [0.2, 0.25) is 5.02 Å². The summed E-state index contributed by atoms with van der Waals surface area (Å²) in [5.41, 5.74) is 6.65. The number of fused-ring (bicyclic) bond motifs is 3. The standard InChI is InChI=1S/C29H21ClFNO2S/c1-17(29(33)34)35-28-23-5-3-2-4-19(23)9-10-20-8-6-18(14-24(20)28)7-12-22-13-11-21-15-26(31)25(30)16-27(21)32-22/h2-17,28H,1H3,(H,33,34)/b12-7+. The van der Waals surface area contributed by atoms with Crippen molar-refractivity contribution in [3.05, 3.63) is 111 Å². The van der Waals surface area contributed by atoms with Gasteiger partial charge in [0.1, 0.15) is 11.1 Å². The highest BCUT2D eigenvalue weighted by Crippen LogP contribution is 2.44. The Kier molecular flexibility index (Phi) is 6.46. The van der Waals surface area contributed by atoms with Gasteiger partial charge in [-0.2, -0.15) is 0 Å². The fraction of sp³-hybridized carbons (Fsp3) is 0.103. The van der Waals surface area contributed by atoms with Crippen LogP contribution < -0.4 is 0 Å². The Hall–Kier alpha value is -3.41. The van der Waals surface area contributed by atoms with Crippen molar-refractivity contribution < 1.29 is 14.3 Å². The van der Waals surface area contributed by atoms with Crippen molar-refractivity contribution in [2.45, 2.75) is 17.4 Å². The van der Waals surface area contributed by atoms with Crippen molar-refractivity contribution in [3.63, 3.8) is 0 Å². The van der Waals surface area contributed by atoms with E-state index < -0.39 is 17.0 Å². The van der Waals surface area contributed by atoms with E-state index in [-0.39, 0.29) is 10.3 Å². The maximum atomic E-state index is 13.7. The van der Waals surface area contributed by atoms with E-state index in [0.717, 1.165) is 33.5 Å². The number of carboxylic acid groups (broad SMARTS) is 1. The molecule has 0 saturated carbocycles. The molecule has 3 aromatic carbocycles. The van der Waals surface area contributed by atoms with Gasteiger partial charge < -0.3 is 5.11 Å². The van der Waals surface area contributed by atoms with Crippen LogP contribution >= 0.6 is 23.4 Å². The first-order valence-electron chi connectivity index (χ1n) is 11.1. The van der Waals surface area contributed by atoms with Gasteiger partial charge in [-0.3, -0.25) is 4.79 Å². The number of hydrogen-bond acceptors (Lipinski definition) is 3. The molecule has 1 heterocycles. The minimum absolute atomic E-state index is 0.0457. The van der Waals surface area contributed by atoms with Gasteiger partial charge in [-0.1, -0.05) is 72.3 Å². The van der Waals surface area contributed by atoms with Gasteiger partial charge in [0.25, 0.3) is 0 Å². The lowest BCUT2D eigenvalue weighted by molar-refractivity contribution is -0.136.